The zero-order valence-electron chi connectivity index (χ0n) is 33.3. The molecule has 0 atom stereocenters. The SMILES string of the molecule is Cn1c2ccccc2c2ccc3c4ccccc4n(-c4cc(C#N)c(-c5cc(C#N)cc(C(F)(F)F)c5)cc4-n4c5ccccc5c5ccc6c7ccccc7n(C)c6c54)c3c21. The number of hydrogen-bond acceptors (Lipinski definition) is 2. The lowest BCUT2D eigenvalue weighted by Crippen LogP contribution is -2.08. The van der Waals surface area contributed by atoms with Gasteiger partial charge in [0, 0.05) is 73.8 Å². The van der Waals surface area contributed by atoms with Gasteiger partial charge in [-0.3, -0.25) is 0 Å². The van der Waals surface area contributed by atoms with Gasteiger partial charge in [0.2, 0.25) is 0 Å². The number of aromatic nitrogens is 4. The summed E-state index contributed by atoms with van der Waals surface area (Å²) < 4.78 is 52.4. The van der Waals surface area contributed by atoms with Gasteiger partial charge in [0.15, 0.2) is 0 Å². The molecule has 12 rings (SSSR count). The molecule has 0 unspecified atom stereocenters. The summed E-state index contributed by atoms with van der Waals surface area (Å²) in [5, 5.41) is 29.4. The van der Waals surface area contributed by atoms with Gasteiger partial charge in [-0.15, -0.1) is 0 Å². The van der Waals surface area contributed by atoms with E-state index >= 15 is 0 Å². The van der Waals surface area contributed by atoms with Gasteiger partial charge in [-0.05, 0) is 60.2 Å². The summed E-state index contributed by atoms with van der Waals surface area (Å²) in [5.41, 5.74) is 8.51. The fourth-order valence-corrected chi connectivity index (χ4v) is 10.2. The third kappa shape index (κ3) is 4.73. The highest BCUT2D eigenvalue weighted by Gasteiger charge is 2.32. The number of alkyl halides is 3. The Balaban J connectivity index is 1.33. The number of para-hydroxylation sites is 4. The molecule has 0 fully saturated rings. The van der Waals surface area contributed by atoms with Gasteiger partial charge >= 0.3 is 6.18 Å². The Morgan fingerprint density at radius 1 is 0.435 bits per heavy atom. The highest BCUT2D eigenvalue weighted by molar-refractivity contribution is 6.25. The first-order valence-corrected chi connectivity index (χ1v) is 20.2. The van der Waals surface area contributed by atoms with E-state index in [9.17, 15) is 23.7 Å². The Bertz CT molecular complexity index is 4030. The van der Waals surface area contributed by atoms with Crippen LogP contribution in [0.4, 0.5) is 13.2 Å². The standard InChI is InChI=1S/C53H31F3N6/c1-59-43-15-7-3-11-34(43)38-19-21-40-36-13-5-9-17-45(36)61(51(40)49(38)59)47-26-32(29-58)42(31-23-30(28-57)24-33(25-31)53(54,55)56)27-48(47)62-46-18-10-6-14-37(46)41-22-20-39-35-12-4-8-16-44(35)60(2)50(39)52(41)62/h3-27H,1-2H3. The summed E-state index contributed by atoms with van der Waals surface area (Å²) >= 11 is 0. The molecule has 0 N–H and O–H groups in total. The number of benzene rings is 8. The predicted molar refractivity (Wildman–Crippen MR) is 243 cm³/mol. The molecule has 0 saturated heterocycles. The van der Waals surface area contributed by atoms with E-state index in [0.717, 1.165) is 99.4 Å². The van der Waals surface area contributed by atoms with Crippen LogP contribution in [0, 0.1) is 22.7 Å². The van der Waals surface area contributed by atoms with E-state index in [-0.39, 0.29) is 22.3 Å². The first-order chi connectivity index (χ1) is 30.2. The molecule has 8 aromatic carbocycles. The largest absolute Gasteiger partial charge is 0.416 e. The van der Waals surface area contributed by atoms with E-state index in [1.165, 1.54) is 6.07 Å². The van der Waals surface area contributed by atoms with E-state index in [0.29, 0.717) is 11.4 Å². The zero-order valence-corrected chi connectivity index (χ0v) is 33.3. The van der Waals surface area contributed by atoms with Crippen LogP contribution < -0.4 is 0 Å². The molecule has 0 aliphatic rings. The van der Waals surface area contributed by atoms with Crippen molar-refractivity contribution < 1.29 is 13.2 Å². The molecule has 0 amide bonds. The molecule has 0 saturated carbocycles. The molecular weight excluding hydrogens is 778 g/mol. The van der Waals surface area contributed by atoms with Gasteiger partial charge in [0.05, 0.1) is 73.3 Å². The Labute approximate surface area is 351 Å². The van der Waals surface area contributed by atoms with Crippen LogP contribution in [-0.4, -0.2) is 18.3 Å². The minimum absolute atomic E-state index is 0.120. The highest BCUT2D eigenvalue weighted by atomic mass is 19.4. The van der Waals surface area contributed by atoms with Crippen molar-refractivity contribution in [1.29, 1.82) is 10.5 Å². The lowest BCUT2D eigenvalue weighted by molar-refractivity contribution is -0.137. The average Bonchev–Trinajstić information content (AvgIpc) is 4.00. The Morgan fingerprint density at radius 2 is 0.855 bits per heavy atom. The second-order valence-corrected chi connectivity index (χ2v) is 16.0. The molecule has 294 valence electrons. The third-order valence-corrected chi connectivity index (χ3v) is 12.8. The molecule has 4 heterocycles. The van der Waals surface area contributed by atoms with Crippen LogP contribution in [0.3, 0.4) is 0 Å². The Hall–Kier alpha value is -8.27. The maximum Gasteiger partial charge on any atom is 0.416 e. The summed E-state index contributed by atoms with van der Waals surface area (Å²) in [4.78, 5) is 0. The lowest BCUT2D eigenvalue weighted by Gasteiger charge is -2.20. The van der Waals surface area contributed by atoms with Crippen molar-refractivity contribution in [3.05, 3.63) is 168 Å². The number of fused-ring (bicyclic) bond motifs is 14. The first kappa shape index (κ1) is 35.7. The van der Waals surface area contributed by atoms with Crippen molar-refractivity contribution in [1.82, 2.24) is 18.3 Å². The molecule has 4 aromatic heterocycles. The molecule has 0 spiro atoms. The third-order valence-electron chi connectivity index (χ3n) is 12.8. The second kappa shape index (κ2) is 12.6. The van der Waals surface area contributed by atoms with Crippen LogP contribution in [0.15, 0.2) is 152 Å². The molecule has 62 heavy (non-hydrogen) atoms. The quantitative estimate of drug-likeness (QED) is 0.178. The van der Waals surface area contributed by atoms with Crippen LogP contribution in [0.25, 0.3) is 110 Å². The molecule has 0 aliphatic heterocycles. The molecule has 9 heteroatoms. The number of hydrogen-bond donors (Lipinski definition) is 0. The second-order valence-electron chi connectivity index (χ2n) is 16.0. The van der Waals surface area contributed by atoms with Crippen molar-refractivity contribution in [2.45, 2.75) is 6.18 Å². The van der Waals surface area contributed by atoms with Crippen LogP contribution in [-0.2, 0) is 20.3 Å². The summed E-state index contributed by atoms with van der Waals surface area (Å²) in [5.74, 6) is 0. The van der Waals surface area contributed by atoms with Gasteiger partial charge in [-0.1, -0.05) is 97.1 Å². The minimum Gasteiger partial charge on any atom is -0.342 e. The van der Waals surface area contributed by atoms with E-state index < -0.39 is 11.7 Å². The van der Waals surface area contributed by atoms with Crippen molar-refractivity contribution in [2.24, 2.45) is 14.1 Å². The summed E-state index contributed by atoms with van der Waals surface area (Å²) in [7, 11) is 4.13. The van der Waals surface area contributed by atoms with Gasteiger partial charge in [-0.25, -0.2) is 0 Å². The number of rotatable bonds is 3. The lowest BCUT2D eigenvalue weighted by atomic mass is 9.94. The average molecular weight is 809 g/mol. The topological polar surface area (TPSA) is 67.3 Å². The van der Waals surface area contributed by atoms with E-state index in [2.05, 4.69) is 111 Å². The molecule has 12 aromatic rings. The fraction of sp³-hybridized carbons (Fsp3) is 0.0566. The summed E-state index contributed by atoms with van der Waals surface area (Å²) in [6, 6.07) is 52.9. The Kier molecular flexibility index (Phi) is 7.26. The first-order valence-electron chi connectivity index (χ1n) is 20.2. The van der Waals surface area contributed by atoms with Crippen molar-refractivity contribution in [2.75, 3.05) is 0 Å². The van der Waals surface area contributed by atoms with Crippen molar-refractivity contribution in [3.8, 4) is 34.6 Å². The number of halogens is 3. The normalized spacial score (nSPS) is 12.2. The van der Waals surface area contributed by atoms with Crippen molar-refractivity contribution in [3.63, 3.8) is 0 Å². The van der Waals surface area contributed by atoms with Crippen LogP contribution in [0.1, 0.15) is 16.7 Å². The van der Waals surface area contributed by atoms with Crippen molar-refractivity contribution >= 4 is 87.2 Å². The van der Waals surface area contributed by atoms with Crippen LogP contribution in [0.2, 0.25) is 0 Å². The van der Waals surface area contributed by atoms with Gasteiger partial charge in [-0.2, -0.15) is 23.7 Å². The van der Waals surface area contributed by atoms with Crippen LogP contribution >= 0.6 is 0 Å². The smallest absolute Gasteiger partial charge is 0.342 e. The monoisotopic (exact) mass is 808 g/mol. The molecular formula is C53H31F3N6. The summed E-state index contributed by atoms with van der Waals surface area (Å²) in [6.07, 6.45) is -4.73. The molecule has 0 radical (unpaired) electrons. The predicted octanol–water partition coefficient (Wildman–Crippen LogP) is 13.6. The Morgan fingerprint density at radius 3 is 1.31 bits per heavy atom. The van der Waals surface area contributed by atoms with Gasteiger partial charge in [0.25, 0.3) is 0 Å². The number of nitriles is 2. The maximum absolute atomic E-state index is 14.5. The van der Waals surface area contributed by atoms with Gasteiger partial charge in [0.1, 0.15) is 0 Å². The number of nitrogens with zero attached hydrogens (tertiary/aromatic N) is 6. The highest BCUT2D eigenvalue weighted by Crippen LogP contribution is 2.46. The molecule has 6 nitrogen and oxygen atoms in total. The van der Waals surface area contributed by atoms with E-state index in [4.69, 9.17) is 0 Å². The molecule has 0 aliphatic carbocycles. The minimum atomic E-state index is -4.73. The maximum atomic E-state index is 14.5. The zero-order chi connectivity index (χ0) is 42.2. The van der Waals surface area contributed by atoms with E-state index in [1.54, 1.807) is 0 Å². The van der Waals surface area contributed by atoms with Crippen LogP contribution in [0.5, 0.6) is 0 Å². The molecule has 0 bridgehead atoms. The number of aryl methyl sites for hydroxylation is 2. The summed E-state index contributed by atoms with van der Waals surface area (Å²) in [6.45, 7) is 0. The van der Waals surface area contributed by atoms with E-state index in [1.807, 2.05) is 66.7 Å². The fourth-order valence-electron chi connectivity index (χ4n) is 10.2. The van der Waals surface area contributed by atoms with Gasteiger partial charge < -0.3 is 18.3 Å².